The van der Waals surface area contributed by atoms with Crippen LogP contribution >= 0.6 is 11.6 Å². The smallest absolute Gasteiger partial charge is 0.405 e. The maximum Gasteiger partial charge on any atom is 0.405 e. The van der Waals surface area contributed by atoms with E-state index in [1.165, 1.54) is 75.6 Å². The Balaban J connectivity index is 1.92. The van der Waals surface area contributed by atoms with Gasteiger partial charge in [0.2, 0.25) is 17.6 Å². The molecule has 0 aromatic heterocycles. The van der Waals surface area contributed by atoms with Crippen molar-refractivity contribution >= 4 is 47.0 Å². The van der Waals surface area contributed by atoms with Gasteiger partial charge in [-0.2, -0.15) is 22.0 Å². The van der Waals surface area contributed by atoms with E-state index in [0.717, 1.165) is 5.32 Å². The molecule has 13 nitrogen and oxygen atoms in total. The number of rotatable bonds is 18. The van der Waals surface area contributed by atoms with Crippen LogP contribution in [0.1, 0.15) is 62.1 Å². The lowest BCUT2D eigenvalue weighted by atomic mass is 9.94. The van der Waals surface area contributed by atoms with Crippen LogP contribution in [-0.4, -0.2) is 85.4 Å². The number of amides is 4. The highest BCUT2D eigenvalue weighted by atomic mass is 35.5. The van der Waals surface area contributed by atoms with Crippen molar-refractivity contribution in [2.45, 2.75) is 76.9 Å². The van der Waals surface area contributed by atoms with Gasteiger partial charge in [0, 0.05) is 17.0 Å². The minimum absolute atomic E-state index is 0.0519. The van der Waals surface area contributed by atoms with Gasteiger partial charge in [-0.3, -0.25) is 24.0 Å². The Morgan fingerprint density at radius 2 is 1.39 bits per heavy atom. The summed E-state index contributed by atoms with van der Waals surface area (Å²) < 4.78 is 83.6. The van der Waals surface area contributed by atoms with Crippen molar-refractivity contribution in [3.63, 3.8) is 0 Å². The molecule has 0 saturated heterocycles. The van der Waals surface area contributed by atoms with Crippen LogP contribution in [0.4, 0.5) is 22.0 Å². The molecule has 4 N–H and O–H groups in total. The third-order valence-electron chi connectivity index (χ3n) is 8.13. The first kappa shape index (κ1) is 47.6. The van der Waals surface area contributed by atoms with Crippen molar-refractivity contribution in [2.75, 3.05) is 20.3 Å². The number of hydrogen-bond acceptors (Lipinski definition) is 9. The summed E-state index contributed by atoms with van der Waals surface area (Å²) in [6.07, 6.45) is -5.24. The maximum atomic E-state index is 15.0. The molecule has 0 spiro atoms. The number of Topliss-reactive ketones (excluding diaryl/α,β-unsaturated/α-hetero) is 1. The Bertz CT molecular complexity index is 1970. The standard InChI is InChI=1S/C40H44ClF5N4O9/c1-22(2)31(33(52)40(45,46)37(56)47-21-39(42,43)44)49-36(55)32(24-10-14-27(57-6)15-11-24)50-35(54)29(19-23-8-7-9-26(41)18-23)48-34(53)25-12-16-28(17-13-25)58-20-30(51)59-38(3,4)5/h7-18,22,29,31-32H,19-21H2,1-6H3,(H,47,56)(H,48,53)(H,49,55)(H,50,54). The molecule has 3 atom stereocenters. The van der Waals surface area contributed by atoms with Gasteiger partial charge in [-0.15, -0.1) is 0 Å². The van der Waals surface area contributed by atoms with Gasteiger partial charge in [-0.1, -0.05) is 49.7 Å². The van der Waals surface area contributed by atoms with E-state index in [-0.39, 0.29) is 23.3 Å². The molecule has 3 aromatic carbocycles. The second-order valence-electron chi connectivity index (χ2n) is 14.4. The topological polar surface area (TPSA) is 178 Å². The van der Waals surface area contributed by atoms with Crippen molar-refractivity contribution in [3.8, 4) is 11.5 Å². The van der Waals surface area contributed by atoms with Crippen LogP contribution in [0.15, 0.2) is 72.8 Å². The Labute approximate surface area is 341 Å². The number of ketones is 1. The molecule has 0 fully saturated rings. The van der Waals surface area contributed by atoms with Crippen LogP contribution < -0.4 is 30.7 Å². The normalized spacial score (nSPS) is 13.3. The molecule has 3 rings (SSSR count). The van der Waals surface area contributed by atoms with Crippen molar-refractivity contribution in [1.29, 1.82) is 0 Å². The van der Waals surface area contributed by atoms with Gasteiger partial charge in [-0.25, -0.2) is 4.79 Å². The Morgan fingerprint density at radius 3 is 1.93 bits per heavy atom. The highest BCUT2D eigenvalue weighted by molar-refractivity contribution is 6.30. The summed E-state index contributed by atoms with van der Waals surface area (Å²) >= 11 is 6.17. The lowest BCUT2D eigenvalue weighted by Gasteiger charge is -2.28. The molecule has 59 heavy (non-hydrogen) atoms. The number of carbonyl (C=O) groups is 6. The van der Waals surface area contributed by atoms with Crippen molar-refractivity contribution in [1.82, 2.24) is 21.3 Å². The second-order valence-corrected chi connectivity index (χ2v) is 14.9. The van der Waals surface area contributed by atoms with Gasteiger partial charge < -0.3 is 35.5 Å². The van der Waals surface area contributed by atoms with Crippen LogP contribution in [-0.2, 0) is 35.1 Å². The minimum atomic E-state index is -5.06. The number of hydrogen-bond donors (Lipinski definition) is 4. The molecular formula is C40H44ClF5N4O9. The summed E-state index contributed by atoms with van der Waals surface area (Å²) in [4.78, 5) is 78.7. The van der Waals surface area contributed by atoms with E-state index in [2.05, 4.69) is 16.0 Å². The molecule has 0 aliphatic heterocycles. The predicted octanol–water partition coefficient (Wildman–Crippen LogP) is 5.29. The highest BCUT2D eigenvalue weighted by Crippen LogP contribution is 2.24. The molecule has 4 amide bonds. The monoisotopic (exact) mass is 854 g/mol. The van der Waals surface area contributed by atoms with E-state index in [9.17, 15) is 50.7 Å². The predicted molar refractivity (Wildman–Crippen MR) is 204 cm³/mol. The van der Waals surface area contributed by atoms with Crippen LogP contribution in [0, 0.1) is 5.92 Å². The molecule has 0 saturated carbocycles. The van der Waals surface area contributed by atoms with Crippen LogP contribution in [0.3, 0.4) is 0 Å². The fraction of sp³-hybridized carbons (Fsp3) is 0.400. The number of benzene rings is 3. The summed E-state index contributed by atoms with van der Waals surface area (Å²) in [6.45, 7) is 5.03. The van der Waals surface area contributed by atoms with E-state index in [0.29, 0.717) is 16.3 Å². The van der Waals surface area contributed by atoms with Crippen LogP contribution in [0.2, 0.25) is 5.02 Å². The third-order valence-corrected chi connectivity index (χ3v) is 8.37. The average molecular weight is 855 g/mol. The molecular weight excluding hydrogens is 811 g/mol. The summed E-state index contributed by atoms with van der Waals surface area (Å²) in [6, 6.07) is 12.1. The fourth-order valence-electron chi connectivity index (χ4n) is 5.28. The number of esters is 1. The van der Waals surface area contributed by atoms with E-state index in [1.54, 1.807) is 39.0 Å². The molecule has 320 valence electrons. The molecule has 0 aliphatic rings. The van der Waals surface area contributed by atoms with Gasteiger partial charge in [0.1, 0.15) is 35.7 Å². The number of nitrogens with one attached hydrogen (secondary N) is 4. The molecule has 0 radical (unpaired) electrons. The first-order valence-corrected chi connectivity index (χ1v) is 18.3. The molecule has 0 bridgehead atoms. The van der Waals surface area contributed by atoms with Crippen molar-refractivity contribution in [3.05, 3.63) is 94.5 Å². The van der Waals surface area contributed by atoms with E-state index >= 15 is 0 Å². The molecule has 0 heterocycles. The van der Waals surface area contributed by atoms with Gasteiger partial charge in [-0.05, 0) is 86.3 Å². The number of methoxy groups -OCH3 is 1. The molecule has 19 heteroatoms. The zero-order valence-corrected chi connectivity index (χ0v) is 33.6. The molecule has 3 unspecified atom stereocenters. The van der Waals surface area contributed by atoms with Gasteiger partial charge in [0.25, 0.3) is 11.8 Å². The van der Waals surface area contributed by atoms with E-state index in [1.807, 2.05) is 0 Å². The number of carbonyl (C=O) groups excluding carboxylic acids is 6. The average Bonchev–Trinajstić information content (AvgIpc) is 3.15. The van der Waals surface area contributed by atoms with E-state index in [4.69, 9.17) is 25.8 Å². The third kappa shape index (κ3) is 14.8. The Morgan fingerprint density at radius 1 is 0.780 bits per heavy atom. The quantitative estimate of drug-likeness (QED) is 0.0752. The number of halogens is 6. The zero-order chi connectivity index (χ0) is 44.3. The number of ether oxygens (including phenoxy) is 3. The summed E-state index contributed by atoms with van der Waals surface area (Å²) in [5.74, 6) is -13.9. The Kier molecular flexibility index (Phi) is 16.3. The second kappa shape index (κ2) is 20.3. The van der Waals surface area contributed by atoms with Gasteiger partial charge in [0.15, 0.2) is 6.61 Å². The Hall–Kier alpha value is -5.78. The lowest BCUT2D eigenvalue weighted by molar-refractivity contribution is -0.165. The first-order valence-electron chi connectivity index (χ1n) is 17.9. The van der Waals surface area contributed by atoms with Crippen LogP contribution in [0.5, 0.6) is 11.5 Å². The van der Waals surface area contributed by atoms with E-state index < -0.39 is 90.3 Å². The minimum Gasteiger partial charge on any atom is -0.497 e. The highest BCUT2D eigenvalue weighted by Gasteiger charge is 2.52. The maximum absolute atomic E-state index is 15.0. The molecule has 0 aliphatic carbocycles. The van der Waals surface area contributed by atoms with Crippen molar-refractivity contribution < 1.29 is 64.9 Å². The lowest BCUT2D eigenvalue weighted by Crippen LogP contribution is -2.58. The van der Waals surface area contributed by atoms with Crippen molar-refractivity contribution in [2.24, 2.45) is 5.92 Å². The van der Waals surface area contributed by atoms with Crippen LogP contribution in [0.25, 0.3) is 0 Å². The molecule has 3 aromatic rings. The van der Waals surface area contributed by atoms with Gasteiger partial charge in [0.05, 0.1) is 13.2 Å². The van der Waals surface area contributed by atoms with Gasteiger partial charge >= 0.3 is 18.1 Å². The zero-order valence-electron chi connectivity index (χ0n) is 32.8. The SMILES string of the molecule is COc1ccc(C(NC(=O)C(Cc2cccc(Cl)c2)NC(=O)c2ccc(OCC(=O)OC(C)(C)C)cc2)C(=O)NC(C(=O)C(F)(F)C(=O)NCC(F)(F)F)C(C)C)cc1. The first-order chi connectivity index (χ1) is 27.4. The summed E-state index contributed by atoms with van der Waals surface area (Å²) in [5, 5.41) is 8.49. The summed E-state index contributed by atoms with van der Waals surface area (Å²) in [5.41, 5.74) is -0.144. The number of alkyl halides is 5. The summed E-state index contributed by atoms with van der Waals surface area (Å²) in [7, 11) is 1.36. The largest absolute Gasteiger partial charge is 0.497 e. The fourth-order valence-corrected chi connectivity index (χ4v) is 5.49.